The molecule has 0 aliphatic carbocycles. The first-order chi connectivity index (χ1) is 22.2. The van der Waals surface area contributed by atoms with Gasteiger partial charge in [0.15, 0.2) is 12.5 Å². The maximum Gasteiger partial charge on any atom is 0.490 e. The van der Waals surface area contributed by atoms with Crippen LogP contribution in [0.3, 0.4) is 0 Å². The topological polar surface area (TPSA) is 210 Å². The summed E-state index contributed by atoms with van der Waals surface area (Å²) in [5.74, 6) is -2.76. The average molecular weight is 685 g/mol. The van der Waals surface area contributed by atoms with E-state index >= 15 is 0 Å². The summed E-state index contributed by atoms with van der Waals surface area (Å²) < 4.78 is 50.8. The Hall–Kier alpha value is -2.38. The summed E-state index contributed by atoms with van der Waals surface area (Å²) in [6.45, 7) is 3.50. The number of H-pyrrole nitrogens is 1. The van der Waals surface area contributed by atoms with E-state index < -0.39 is 72.5 Å². The highest BCUT2D eigenvalue weighted by Crippen LogP contribution is 2.33. The van der Waals surface area contributed by atoms with Crippen molar-refractivity contribution < 1.29 is 52.6 Å². The predicted octanol–water partition coefficient (Wildman–Crippen LogP) is 1.46. The Bertz CT molecular complexity index is 1170. The van der Waals surface area contributed by atoms with Crippen LogP contribution in [-0.4, -0.2) is 117 Å². The number of nitrogens with zero attached hydrogens (tertiary/aromatic N) is 2. The Labute approximate surface area is 271 Å². The second kappa shape index (κ2) is 20.2. The first-order valence-electron chi connectivity index (χ1n) is 16.2. The Kier molecular flexibility index (Phi) is 17.5. The molecule has 2 fully saturated rings. The molecule has 0 radical (unpaired) electrons. The summed E-state index contributed by atoms with van der Waals surface area (Å²) in [4.78, 5) is 37.0. The number of carboxylic acid groups (broad SMARTS) is 1. The molecule has 3 rings (SSSR count). The van der Waals surface area contributed by atoms with Gasteiger partial charge in [0.2, 0.25) is 0 Å². The Morgan fingerprint density at radius 2 is 1.64 bits per heavy atom. The normalized spacial score (nSPS) is 26.7. The number of nitrogens with one attached hydrogen (secondary N) is 1. The second-order valence-electron chi connectivity index (χ2n) is 12.1. The molecule has 0 saturated carbocycles. The summed E-state index contributed by atoms with van der Waals surface area (Å²) in [6.07, 6.45) is 1.20. The maximum atomic E-state index is 12.3. The van der Waals surface area contributed by atoms with Crippen molar-refractivity contribution in [3.05, 3.63) is 33.1 Å². The van der Waals surface area contributed by atoms with E-state index in [4.69, 9.17) is 29.8 Å². The third kappa shape index (κ3) is 13.6. The van der Waals surface area contributed by atoms with Crippen LogP contribution < -0.4 is 17.0 Å². The zero-order valence-electron chi connectivity index (χ0n) is 27.0. The molecular weight excluding hydrogens is 633 g/mol. The molecule has 272 valence electrons. The second-order valence-corrected chi connectivity index (χ2v) is 12.1. The summed E-state index contributed by atoms with van der Waals surface area (Å²) in [6, 6.07) is 1.19. The number of carboxylic acids is 1. The van der Waals surface area contributed by atoms with Crippen LogP contribution in [0.1, 0.15) is 83.8 Å². The number of aromatic amines is 1. The molecule has 14 nitrogen and oxygen atoms in total. The number of halogens is 3. The van der Waals surface area contributed by atoms with E-state index in [1.54, 1.807) is 0 Å². The molecule has 17 heteroatoms. The van der Waals surface area contributed by atoms with Crippen molar-refractivity contribution in [2.24, 2.45) is 5.73 Å². The Morgan fingerprint density at radius 1 is 1.06 bits per heavy atom. The van der Waals surface area contributed by atoms with Gasteiger partial charge in [-0.15, -0.1) is 0 Å². The number of carbonyl (C=O) groups is 1. The molecule has 2 aliphatic heterocycles. The van der Waals surface area contributed by atoms with Gasteiger partial charge in [0.1, 0.15) is 24.4 Å². The minimum atomic E-state index is -5.08. The van der Waals surface area contributed by atoms with E-state index in [0.29, 0.717) is 6.54 Å². The monoisotopic (exact) mass is 684 g/mol. The van der Waals surface area contributed by atoms with Crippen LogP contribution >= 0.6 is 0 Å². The van der Waals surface area contributed by atoms with E-state index in [0.717, 1.165) is 24.0 Å². The lowest BCUT2D eigenvalue weighted by molar-refractivity contribution is -0.217. The zero-order chi connectivity index (χ0) is 35.1. The van der Waals surface area contributed by atoms with Gasteiger partial charge >= 0.3 is 17.8 Å². The smallest absolute Gasteiger partial charge is 0.475 e. The van der Waals surface area contributed by atoms with Crippen LogP contribution in [0.15, 0.2) is 21.9 Å². The van der Waals surface area contributed by atoms with Crippen molar-refractivity contribution in [3.8, 4) is 0 Å². The van der Waals surface area contributed by atoms with Crippen molar-refractivity contribution in [1.82, 2.24) is 14.5 Å². The molecule has 0 bridgehead atoms. The van der Waals surface area contributed by atoms with Gasteiger partial charge in [-0.05, 0) is 20.0 Å². The van der Waals surface area contributed by atoms with Gasteiger partial charge in [-0.25, -0.2) is 9.59 Å². The SMILES string of the molecule is CCCCCCCCCCCCN(C)C[C@H](O[C@@H]1O[C@H](CN)[C@@H](O)[C@H]1O)[C@@H]1C[C@@H](O)[C@H](n2ccc(=O)[nH]c2=O)O1.O=C(O)C(F)(F)F. The van der Waals surface area contributed by atoms with E-state index in [2.05, 4.69) is 16.8 Å². The van der Waals surface area contributed by atoms with E-state index in [9.17, 15) is 38.1 Å². The van der Waals surface area contributed by atoms with Crippen LogP contribution in [0, 0.1) is 0 Å². The van der Waals surface area contributed by atoms with E-state index in [-0.39, 0.29) is 13.0 Å². The fraction of sp³-hybridized carbons (Fsp3) is 0.833. The average Bonchev–Trinajstić information content (AvgIpc) is 3.51. The highest BCUT2D eigenvalue weighted by molar-refractivity contribution is 5.73. The zero-order valence-corrected chi connectivity index (χ0v) is 27.0. The number of aliphatic hydroxyl groups is 3. The van der Waals surface area contributed by atoms with Crippen molar-refractivity contribution in [2.45, 2.75) is 133 Å². The van der Waals surface area contributed by atoms with Gasteiger partial charge in [-0.2, -0.15) is 13.2 Å². The number of aliphatic carboxylic acids is 1. The molecule has 0 unspecified atom stereocenters. The Balaban J connectivity index is 0.000000984. The number of nitrogens with two attached hydrogens (primary N) is 1. The number of aromatic nitrogens is 2. The van der Waals surface area contributed by atoms with Gasteiger partial charge < -0.3 is 45.3 Å². The number of ether oxygens (including phenoxy) is 3. The predicted molar refractivity (Wildman–Crippen MR) is 163 cm³/mol. The van der Waals surface area contributed by atoms with Crippen molar-refractivity contribution >= 4 is 5.97 Å². The number of likely N-dealkylation sites (N-methyl/N-ethyl adjacent to an activating group) is 1. The van der Waals surface area contributed by atoms with Crippen LogP contribution in [-0.2, 0) is 19.0 Å². The maximum absolute atomic E-state index is 12.3. The summed E-state index contributed by atoms with van der Waals surface area (Å²) >= 11 is 0. The van der Waals surface area contributed by atoms with Crippen molar-refractivity contribution in [1.29, 1.82) is 0 Å². The lowest BCUT2D eigenvalue weighted by Gasteiger charge is -2.31. The van der Waals surface area contributed by atoms with Gasteiger partial charge in [0, 0.05) is 31.8 Å². The third-order valence-electron chi connectivity index (χ3n) is 8.14. The largest absolute Gasteiger partial charge is 0.490 e. The molecule has 2 saturated heterocycles. The minimum Gasteiger partial charge on any atom is -0.475 e. The number of unbranched alkanes of at least 4 members (excludes halogenated alkanes) is 9. The number of rotatable bonds is 18. The molecular formula is C30H51F3N4O10. The molecule has 1 aromatic rings. The first kappa shape index (κ1) is 40.8. The number of hydrogen-bond acceptors (Lipinski definition) is 11. The van der Waals surface area contributed by atoms with E-state index in [1.807, 2.05) is 7.05 Å². The lowest BCUT2D eigenvalue weighted by atomic mass is 10.1. The molecule has 47 heavy (non-hydrogen) atoms. The van der Waals surface area contributed by atoms with Crippen LogP contribution in [0.25, 0.3) is 0 Å². The highest BCUT2D eigenvalue weighted by atomic mass is 19.4. The van der Waals surface area contributed by atoms with Crippen LogP contribution in [0.5, 0.6) is 0 Å². The van der Waals surface area contributed by atoms with Gasteiger partial charge in [0.05, 0.1) is 12.2 Å². The van der Waals surface area contributed by atoms with Gasteiger partial charge in [-0.3, -0.25) is 14.3 Å². The Morgan fingerprint density at radius 3 is 2.15 bits per heavy atom. The van der Waals surface area contributed by atoms with Crippen molar-refractivity contribution in [3.63, 3.8) is 0 Å². The summed E-state index contributed by atoms with van der Waals surface area (Å²) in [5, 5.41) is 38.6. The highest BCUT2D eigenvalue weighted by Gasteiger charge is 2.47. The first-order valence-corrected chi connectivity index (χ1v) is 16.2. The van der Waals surface area contributed by atoms with Crippen LogP contribution in [0.2, 0.25) is 0 Å². The van der Waals surface area contributed by atoms with Gasteiger partial charge in [0.25, 0.3) is 5.56 Å². The van der Waals surface area contributed by atoms with Crippen molar-refractivity contribution in [2.75, 3.05) is 26.7 Å². The van der Waals surface area contributed by atoms with Crippen LogP contribution in [0.4, 0.5) is 13.2 Å². The molecule has 0 amide bonds. The fourth-order valence-electron chi connectivity index (χ4n) is 5.51. The molecule has 0 aromatic carbocycles. The number of hydrogen-bond donors (Lipinski definition) is 6. The molecule has 2 aliphatic rings. The number of alkyl halides is 3. The number of aliphatic hydroxyl groups excluding tert-OH is 3. The van der Waals surface area contributed by atoms with Gasteiger partial charge in [-0.1, -0.05) is 64.7 Å². The summed E-state index contributed by atoms with van der Waals surface area (Å²) in [5.41, 5.74) is 4.43. The molecule has 1 aromatic heterocycles. The lowest BCUT2D eigenvalue weighted by Crippen LogP contribution is -2.45. The summed E-state index contributed by atoms with van der Waals surface area (Å²) in [7, 11) is 1.98. The molecule has 8 atom stereocenters. The minimum absolute atomic E-state index is 0.0250. The fourth-order valence-corrected chi connectivity index (χ4v) is 5.51. The quantitative estimate of drug-likeness (QED) is 0.122. The molecule has 7 N–H and O–H groups in total. The third-order valence-corrected chi connectivity index (χ3v) is 8.14. The van der Waals surface area contributed by atoms with E-state index in [1.165, 1.54) is 63.6 Å². The molecule has 3 heterocycles. The molecule has 0 spiro atoms. The standard InChI is InChI=1S/C28H50N4O8.C2HF3O2/c1-3-4-5-6-7-8-9-10-11-12-14-31(2)18-22(40-27-25(36)24(35)21(17-29)39-27)20-16-19(33)26(38-20)32-15-13-23(34)30-28(32)37;3-2(4,5)1(6)7/h13,15,19-22,24-27,33,35-36H,3-12,14,16-18,29H2,1-2H3,(H,30,34,37);(H,6,7)/t19-,20+,21-,22+,24-,25-,26-,27+;/m1./s1.